The van der Waals surface area contributed by atoms with Gasteiger partial charge in [-0.3, -0.25) is 4.79 Å². The largest absolute Gasteiger partial charge is 0.493 e. The molecule has 0 N–H and O–H groups in total. The molecule has 1 fully saturated rings. The Bertz CT molecular complexity index is 537. The van der Waals surface area contributed by atoms with E-state index in [-0.39, 0.29) is 11.9 Å². The Morgan fingerprint density at radius 3 is 2.78 bits per heavy atom. The third-order valence-corrected chi connectivity index (χ3v) is 5.11. The number of likely N-dealkylation sites (N-methyl/N-ethyl adjacent to an activating group) is 1. The summed E-state index contributed by atoms with van der Waals surface area (Å²) in [5.74, 6) is 3.20. The molecule has 1 aliphatic heterocycles. The number of thioether (sulfide) groups is 1. The smallest absolute Gasteiger partial charge is 0.258 e. The maximum atomic E-state index is 13.2. The Hall–Kier alpha value is -1.40. The first-order valence-electron chi connectivity index (χ1n) is 7.83. The summed E-state index contributed by atoms with van der Waals surface area (Å²) in [4.78, 5) is 17.3. The minimum Gasteiger partial charge on any atom is -0.493 e. The lowest BCUT2D eigenvalue weighted by atomic mass is 10.1. The first-order valence-corrected chi connectivity index (χ1v) is 8.98. The van der Waals surface area contributed by atoms with E-state index in [0.717, 1.165) is 31.0 Å². The predicted molar refractivity (Wildman–Crippen MR) is 94.9 cm³/mol. The Balaban J connectivity index is 2.32. The van der Waals surface area contributed by atoms with Crippen molar-refractivity contribution in [1.82, 2.24) is 9.80 Å². The molecule has 23 heavy (non-hydrogen) atoms. The lowest BCUT2D eigenvalue weighted by Gasteiger charge is -2.32. The van der Waals surface area contributed by atoms with Crippen molar-refractivity contribution in [2.24, 2.45) is 0 Å². The van der Waals surface area contributed by atoms with Crippen molar-refractivity contribution < 1.29 is 14.3 Å². The highest BCUT2D eigenvalue weighted by Gasteiger charge is 2.29. The summed E-state index contributed by atoms with van der Waals surface area (Å²) < 4.78 is 10.8. The molecule has 0 saturated carbocycles. The summed E-state index contributed by atoms with van der Waals surface area (Å²) in [6.07, 6.45) is 1.02. The molecule has 0 radical (unpaired) electrons. The van der Waals surface area contributed by atoms with Gasteiger partial charge in [0.05, 0.1) is 25.8 Å². The van der Waals surface area contributed by atoms with Crippen LogP contribution in [0.2, 0.25) is 0 Å². The molecule has 1 unspecified atom stereocenters. The lowest BCUT2D eigenvalue weighted by Crippen LogP contribution is -2.46. The second-order valence-electron chi connectivity index (χ2n) is 5.88. The highest BCUT2D eigenvalue weighted by Crippen LogP contribution is 2.32. The zero-order valence-corrected chi connectivity index (χ0v) is 15.2. The molecule has 1 amide bonds. The van der Waals surface area contributed by atoms with Gasteiger partial charge in [-0.15, -0.1) is 0 Å². The van der Waals surface area contributed by atoms with Crippen molar-refractivity contribution in [2.75, 3.05) is 52.9 Å². The average Bonchev–Trinajstić information content (AvgIpc) is 2.78. The first kappa shape index (κ1) is 17.9. The van der Waals surface area contributed by atoms with Gasteiger partial charge < -0.3 is 19.3 Å². The van der Waals surface area contributed by atoms with Crippen molar-refractivity contribution in [2.45, 2.75) is 12.5 Å². The Morgan fingerprint density at radius 2 is 2.13 bits per heavy atom. The van der Waals surface area contributed by atoms with Gasteiger partial charge in [-0.05, 0) is 38.4 Å². The van der Waals surface area contributed by atoms with Crippen molar-refractivity contribution in [3.8, 4) is 11.5 Å². The Labute approximate surface area is 142 Å². The van der Waals surface area contributed by atoms with E-state index in [4.69, 9.17) is 9.47 Å². The van der Waals surface area contributed by atoms with Crippen molar-refractivity contribution >= 4 is 17.7 Å². The molecule has 5 nitrogen and oxygen atoms in total. The number of para-hydroxylation sites is 1. The molecule has 128 valence electrons. The zero-order valence-electron chi connectivity index (χ0n) is 14.4. The summed E-state index contributed by atoms with van der Waals surface area (Å²) in [7, 11) is 7.25. The van der Waals surface area contributed by atoms with Gasteiger partial charge in [0.1, 0.15) is 0 Å². The second-order valence-corrected chi connectivity index (χ2v) is 7.03. The topological polar surface area (TPSA) is 42.0 Å². The van der Waals surface area contributed by atoms with Crippen LogP contribution in [0.3, 0.4) is 0 Å². The van der Waals surface area contributed by atoms with Gasteiger partial charge in [-0.25, -0.2) is 0 Å². The molecule has 2 rings (SSSR count). The molecule has 0 spiro atoms. The molecular formula is C17H26N2O3S. The number of methoxy groups -OCH3 is 2. The van der Waals surface area contributed by atoms with Gasteiger partial charge in [0.2, 0.25) is 0 Å². The third kappa shape index (κ3) is 4.32. The molecule has 6 heteroatoms. The number of rotatable bonds is 5. The van der Waals surface area contributed by atoms with E-state index in [9.17, 15) is 4.79 Å². The van der Waals surface area contributed by atoms with E-state index in [1.54, 1.807) is 14.2 Å². The van der Waals surface area contributed by atoms with E-state index in [2.05, 4.69) is 4.90 Å². The molecule has 1 aromatic carbocycles. The van der Waals surface area contributed by atoms with Crippen LogP contribution in [0.4, 0.5) is 0 Å². The van der Waals surface area contributed by atoms with Gasteiger partial charge >= 0.3 is 0 Å². The van der Waals surface area contributed by atoms with Crippen LogP contribution in [-0.4, -0.2) is 74.7 Å². The van der Waals surface area contributed by atoms with E-state index >= 15 is 0 Å². The van der Waals surface area contributed by atoms with Crippen molar-refractivity contribution in [3.63, 3.8) is 0 Å². The SMILES string of the molecule is COc1cccc(C(=O)N2CCCSCC2CN(C)C)c1OC. The van der Waals surface area contributed by atoms with Gasteiger partial charge in [0, 0.05) is 18.8 Å². The number of hydrogen-bond donors (Lipinski definition) is 0. The van der Waals surface area contributed by atoms with Crippen molar-refractivity contribution in [3.05, 3.63) is 23.8 Å². The van der Waals surface area contributed by atoms with Crippen LogP contribution in [0, 0.1) is 0 Å². The molecule has 1 atom stereocenters. The summed E-state index contributed by atoms with van der Waals surface area (Å²) in [6, 6.07) is 5.67. The molecule has 0 bridgehead atoms. The maximum Gasteiger partial charge on any atom is 0.258 e. The normalized spacial score (nSPS) is 18.7. The fraction of sp³-hybridized carbons (Fsp3) is 0.588. The summed E-state index contributed by atoms with van der Waals surface area (Å²) in [6.45, 7) is 1.65. The Morgan fingerprint density at radius 1 is 1.35 bits per heavy atom. The van der Waals surface area contributed by atoms with Crippen LogP contribution in [-0.2, 0) is 0 Å². The second kappa shape index (κ2) is 8.45. The Kier molecular flexibility index (Phi) is 6.59. The molecule has 1 aliphatic rings. The summed E-state index contributed by atoms with van der Waals surface area (Å²) in [5, 5.41) is 0. The summed E-state index contributed by atoms with van der Waals surface area (Å²) in [5.41, 5.74) is 0.572. The number of hydrogen-bond acceptors (Lipinski definition) is 5. The molecule has 1 heterocycles. The highest BCUT2D eigenvalue weighted by atomic mass is 32.2. The molecule has 0 aliphatic carbocycles. The number of carbonyl (C=O) groups is 1. The van der Waals surface area contributed by atoms with Crippen molar-refractivity contribution in [1.29, 1.82) is 0 Å². The minimum atomic E-state index is 0.0232. The first-order chi connectivity index (χ1) is 11.1. The summed E-state index contributed by atoms with van der Waals surface area (Å²) >= 11 is 1.92. The van der Waals surface area contributed by atoms with Crippen LogP contribution in [0.1, 0.15) is 16.8 Å². The van der Waals surface area contributed by atoms with Crippen LogP contribution < -0.4 is 9.47 Å². The fourth-order valence-electron chi connectivity index (χ4n) is 2.88. The lowest BCUT2D eigenvalue weighted by molar-refractivity contribution is 0.0671. The van der Waals surface area contributed by atoms with Crippen LogP contribution in [0.15, 0.2) is 18.2 Å². The van der Waals surface area contributed by atoms with Gasteiger partial charge in [-0.1, -0.05) is 6.07 Å². The monoisotopic (exact) mass is 338 g/mol. The quantitative estimate of drug-likeness (QED) is 0.823. The average molecular weight is 338 g/mol. The number of carbonyl (C=O) groups excluding carboxylic acids is 1. The van der Waals surface area contributed by atoms with Gasteiger partial charge in [-0.2, -0.15) is 11.8 Å². The number of nitrogens with zero attached hydrogens (tertiary/aromatic N) is 2. The molecular weight excluding hydrogens is 312 g/mol. The number of amides is 1. The fourth-order valence-corrected chi connectivity index (χ4v) is 3.94. The van der Waals surface area contributed by atoms with E-state index in [1.807, 2.05) is 49.0 Å². The minimum absolute atomic E-state index is 0.0232. The van der Waals surface area contributed by atoms with Gasteiger partial charge in [0.25, 0.3) is 5.91 Å². The van der Waals surface area contributed by atoms with E-state index in [0.29, 0.717) is 17.1 Å². The van der Waals surface area contributed by atoms with Crippen LogP contribution in [0.5, 0.6) is 11.5 Å². The standard InChI is InChI=1S/C17H26N2O3S/c1-18(2)11-13-12-23-10-6-9-19(13)17(20)14-7-5-8-15(21-3)16(14)22-4/h5,7-8,13H,6,9-12H2,1-4H3. The maximum absolute atomic E-state index is 13.2. The molecule has 1 saturated heterocycles. The molecule has 1 aromatic rings. The molecule has 0 aromatic heterocycles. The highest BCUT2D eigenvalue weighted by molar-refractivity contribution is 7.99. The number of ether oxygens (including phenoxy) is 2. The van der Waals surface area contributed by atoms with E-state index in [1.165, 1.54) is 0 Å². The predicted octanol–water partition coefficient (Wildman–Crippen LogP) is 2.21. The zero-order chi connectivity index (χ0) is 16.8. The van der Waals surface area contributed by atoms with Crippen LogP contribution in [0.25, 0.3) is 0 Å². The third-order valence-electron chi connectivity index (χ3n) is 3.91. The number of benzene rings is 1. The van der Waals surface area contributed by atoms with E-state index < -0.39 is 0 Å². The van der Waals surface area contributed by atoms with Gasteiger partial charge in [0.15, 0.2) is 11.5 Å². The van der Waals surface area contributed by atoms with Crippen LogP contribution >= 0.6 is 11.8 Å².